The van der Waals surface area contributed by atoms with E-state index >= 15 is 0 Å². The molecule has 0 N–H and O–H groups in total. The average molecular weight is 351 g/mol. The predicted octanol–water partition coefficient (Wildman–Crippen LogP) is 2.88. The zero-order valence-corrected chi connectivity index (χ0v) is 14.9. The van der Waals surface area contributed by atoms with Crippen molar-refractivity contribution in [3.8, 4) is 5.75 Å². The van der Waals surface area contributed by atoms with Crippen molar-refractivity contribution in [2.24, 2.45) is 5.92 Å². The summed E-state index contributed by atoms with van der Waals surface area (Å²) in [6, 6.07) is 4.36. The van der Waals surface area contributed by atoms with Crippen molar-refractivity contribution in [2.45, 2.75) is 31.3 Å². The van der Waals surface area contributed by atoms with Crippen LogP contribution in [0.3, 0.4) is 0 Å². The molecule has 25 heavy (non-hydrogen) atoms. The van der Waals surface area contributed by atoms with Gasteiger partial charge in [-0.3, -0.25) is 4.79 Å². The van der Waals surface area contributed by atoms with Gasteiger partial charge < -0.3 is 19.1 Å². The third-order valence-electron chi connectivity index (χ3n) is 5.57. The Morgan fingerprint density at radius 2 is 2.12 bits per heavy atom. The van der Waals surface area contributed by atoms with E-state index in [-0.39, 0.29) is 17.3 Å². The largest absolute Gasteiger partial charge is 0.494 e. The van der Waals surface area contributed by atoms with Crippen LogP contribution in [-0.2, 0) is 9.47 Å². The Morgan fingerprint density at radius 3 is 2.76 bits per heavy atom. The molecule has 1 spiro atoms. The Labute approximate surface area is 148 Å². The fraction of sp³-hybridized carbons (Fsp3) is 0.632. The van der Waals surface area contributed by atoms with Crippen LogP contribution in [-0.4, -0.2) is 56.9 Å². The molecular formula is C19H26FNO4. The highest BCUT2D eigenvalue weighted by Gasteiger charge is 2.46. The van der Waals surface area contributed by atoms with Crippen molar-refractivity contribution < 1.29 is 23.4 Å². The molecule has 2 aliphatic heterocycles. The number of rotatable bonds is 5. The average Bonchev–Trinajstić information content (AvgIpc) is 3.02. The normalized spacial score (nSPS) is 22.4. The molecule has 138 valence electrons. The van der Waals surface area contributed by atoms with E-state index in [1.807, 2.05) is 0 Å². The van der Waals surface area contributed by atoms with Crippen LogP contribution >= 0.6 is 0 Å². The van der Waals surface area contributed by atoms with Gasteiger partial charge >= 0.3 is 0 Å². The summed E-state index contributed by atoms with van der Waals surface area (Å²) in [5, 5.41) is 0. The van der Waals surface area contributed by atoms with Crippen LogP contribution in [0, 0.1) is 11.7 Å². The van der Waals surface area contributed by atoms with E-state index in [1.54, 1.807) is 18.1 Å². The second-order valence-corrected chi connectivity index (χ2v) is 6.82. The summed E-state index contributed by atoms with van der Waals surface area (Å²) in [4.78, 5) is 14.5. The molecule has 0 unspecified atom stereocenters. The van der Waals surface area contributed by atoms with Gasteiger partial charge in [0.25, 0.3) is 5.91 Å². The molecule has 1 aromatic rings. The molecule has 1 aromatic carbocycles. The summed E-state index contributed by atoms with van der Waals surface area (Å²) < 4.78 is 30.1. The van der Waals surface area contributed by atoms with Gasteiger partial charge in [-0.05, 0) is 49.8 Å². The SMILES string of the molecule is COCC[C@H]1CCOC12CCN(C(=O)c1ccc(OC)c(F)c1)CC2. The lowest BCUT2D eigenvalue weighted by atomic mass is 9.78. The van der Waals surface area contributed by atoms with Gasteiger partial charge in [0.1, 0.15) is 0 Å². The standard InChI is InChI=1S/C19H26FNO4/c1-23-11-5-15-6-12-25-19(15)7-9-21(10-8-19)18(22)14-3-4-17(24-2)16(20)13-14/h3-4,13,15H,5-12H2,1-2H3/t15-/m0/s1. The number of piperidine rings is 1. The van der Waals surface area contributed by atoms with Crippen LogP contribution < -0.4 is 4.74 Å². The summed E-state index contributed by atoms with van der Waals surface area (Å²) in [5.41, 5.74) is 0.234. The van der Waals surface area contributed by atoms with Gasteiger partial charge in [0, 0.05) is 39.0 Å². The summed E-state index contributed by atoms with van der Waals surface area (Å²) >= 11 is 0. The van der Waals surface area contributed by atoms with Gasteiger partial charge in [-0.25, -0.2) is 4.39 Å². The molecular weight excluding hydrogens is 325 g/mol. The molecule has 1 atom stereocenters. The molecule has 0 radical (unpaired) electrons. The zero-order chi connectivity index (χ0) is 17.9. The number of hydrogen-bond donors (Lipinski definition) is 0. The first kappa shape index (κ1) is 18.1. The lowest BCUT2D eigenvalue weighted by Gasteiger charge is -2.42. The molecule has 2 fully saturated rings. The lowest BCUT2D eigenvalue weighted by Crippen LogP contribution is -2.49. The number of methoxy groups -OCH3 is 2. The number of likely N-dealkylation sites (tertiary alicyclic amines) is 1. The first-order valence-corrected chi connectivity index (χ1v) is 8.85. The first-order chi connectivity index (χ1) is 12.1. The van der Waals surface area contributed by atoms with E-state index in [0.717, 1.165) is 38.9 Å². The molecule has 0 aromatic heterocycles. The van der Waals surface area contributed by atoms with Crippen molar-refractivity contribution in [3.63, 3.8) is 0 Å². The summed E-state index contributed by atoms with van der Waals surface area (Å²) in [6.45, 7) is 2.79. The van der Waals surface area contributed by atoms with E-state index < -0.39 is 5.82 Å². The van der Waals surface area contributed by atoms with Gasteiger partial charge in [-0.2, -0.15) is 0 Å². The number of carbonyl (C=O) groups excluding carboxylic acids is 1. The van der Waals surface area contributed by atoms with Gasteiger partial charge in [0.05, 0.1) is 12.7 Å². The number of ether oxygens (including phenoxy) is 3. The molecule has 0 bridgehead atoms. The minimum atomic E-state index is -0.513. The quantitative estimate of drug-likeness (QED) is 0.818. The van der Waals surface area contributed by atoms with Crippen LogP contribution in [0.25, 0.3) is 0 Å². The number of nitrogens with zero attached hydrogens (tertiary/aromatic N) is 1. The monoisotopic (exact) mass is 351 g/mol. The van der Waals surface area contributed by atoms with Gasteiger partial charge in [0.15, 0.2) is 11.6 Å². The number of carbonyl (C=O) groups is 1. The molecule has 0 aliphatic carbocycles. The van der Waals surface area contributed by atoms with E-state index in [2.05, 4.69) is 0 Å². The Bertz CT molecular complexity index is 613. The molecule has 1 amide bonds. The number of benzene rings is 1. The van der Waals surface area contributed by atoms with Crippen LogP contribution in [0.5, 0.6) is 5.75 Å². The maximum atomic E-state index is 13.9. The fourth-order valence-corrected chi connectivity index (χ4v) is 4.08. The number of halogens is 1. The van der Waals surface area contributed by atoms with E-state index in [1.165, 1.54) is 19.2 Å². The topological polar surface area (TPSA) is 48.0 Å². The van der Waals surface area contributed by atoms with Crippen molar-refractivity contribution in [1.29, 1.82) is 0 Å². The second-order valence-electron chi connectivity index (χ2n) is 6.82. The molecule has 2 saturated heterocycles. The Morgan fingerprint density at radius 1 is 1.36 bits per heavy atom. The fourth-order valence-electron chi connectivity index (χ4n) is 4.08. The van der Waals surface area contributed by atoms with E-state index in [4.69, 9.17) is 14.2 Å². The first-order valence-electron chi connectivity index (χ1n) is 8.85. The molecule has 5 nitrogen and oxygen atoms in total. The van der Waals surface area contributed by atoms with Gasteiger partial charge in [0.2, 0.25) is 0 Å². The van der Waals surface area contributed by atoms with E-state index in [0.29, 0.717) is 24.6 Å². The zero-order valence-electron chi connectivity index (χ0n) is 14.9. The molecule has 6 heteroatoms. The maximum Gasteiger partial charge on any atom is 0.253 e. The number of hydrogen-bond acceptors (Lipinski definition) is 4. The van der Waals surface area contributed by atoms with Crippen LogP contribution in [0.4, 0.5) is 4.39 Å². The predicted molar refractivity (Wildman–Crippen MR) is 91.4 cm³/mol. The highest BCUT2D eigenvalue weighted by Crippen LogP contribution is 2.42. The van der Waals surface area contributed by atoms with Crippen LogP contribution in [0.1, 0.15) is 36.0 Å². The van der Waals surface area contributed by atoms with Crippen molar-refractivity contribution in [1.82, 2.24) is 4.90 Å². The van der Waals surface area contributed by atoms with Gasteiger partial charge in [-0.1, -0.05) is 0 Å². The van der Waals surface area contributed by atoms with Crippen molar-refractivity contribution in [2.75, 3.05) is 40.5 Å². The smallest absolute Gasteiger partial charge is 0.253 e. The minimum absolute atomic E-state index is 0.125. The summed E-state index contributed by atoms with van der Waals surface area (Å²) in [5.74, 6) is -0.0129. The highest BCUT2D eigenvalue weighted by molar-refractivity contribution is 5.94. The molecule has 2 aliphatic rings. The third-order valence-corrected chi connectivity index (χ3v) is 5.57. The van der Waals surface area contributed by atoms with E-state index in [9.17, 15) is 9.18 Å². The van der Waals surface area contributed by atoms with Crippen molar-refractivity contribution in [3.05, 3.63) is 29.6 Å². The molecule has 3 rings (SSSR count). The summed E-state index contributed by atoms with van der Waals surface area (Å²) in [6.07, 6.45) is 3.70. The van der Waals surface area contributed by atoms with Crippen LogP contribution in [0.2, 0.25) is 0 Å². The van der Waals surface area contributed by atoms with Crippen LogP contribution in [0.15, 0.2) is 18.2 Å². The highest BCUT2D eigenvalue weighted by atomic mass is 19.1. The molecule has 0 saturated carbocycles. The van der Waals surface area contributed by atoms with Crippen molar-refractivity contribution >= 4 is 5.91 Å². The number of amides is 1. The Hall–Kier alpha value is -1.66. The third kappa shape index (κ3) is 3.65. The Balaban J connectivity index is 1.63. The molecule has 2 heterocycles. The Kier molecular flexibility index (Phi) is 5.59. The maximum absolute atomic E-state index is 13.9. The van der Waals surface area contributed by atoms with Gasteiger partial charge in [-0.15, -0.1) is 0 Å². The lowest BCUT2D eigenvalue weighted by molar-refractivity contribution is -0.0661. The minimum Gasteiger partial charge on any atom is -0.494 e. The second kappa shape index (κ2) is 7.70. The summed E-state index contributed by atoms with van der Waals surface area (Å²) in [7, 11) is 3.13.